The van der Waals surface area contributed by atoms with Crippen LogP contribution in [0.15, 0.2) is 34.9 Å². The third-order valence-electron chi connectivity index (χ3n) is 6.54. The van der Waals surface area contributed by atoms with Gasteiger partial charge in [0, 0.05) is 51.4 Å². The summed E-state index contributed by atoms with van der Waals surface area (Å²) in [5.41, 5.74) is 10.4. The van der Waals surface area contributed by atoms with Crippen molar-refractivity contribution in [2.45, 2.75) is 51.8 Å². The van der Waals surface area contributed by atoms with Gasteiger partial charge in [0.15, 0.2) is 5.82 Å². The molecule has 198 valence electrons. The number of hydrogen-bond acceptors (Lipinski definition) is 8. The summed E-state index contributed by atoms with van der Waals surface area (Å²) in [6.07, 6.45) is 1.63. The molecule has 1 fully saturated rings. The third kappa shape index (κ3) is 5.79. The van der Waals surface area contributed by atoms with E-state index in [1.165, 1.54) is 25.2 Å². The molecule has 11 heteroatoms. The van der Waals surface area contributed by atoms with Crippen molar-refractivity contribution in [3.63, 3.8) is 0 Å². The SMILES string of the molecule is CC(C)N1CCN(/C(N)=C/c2c(NCc3cccc(C(F)(F)C(C)(C)O)c3)nn(C)c(=O)c2N)CC1. The molecule has 6 N–H and O–H groups in total. The summed E-state index contributed by atoms with van der Waals surface area (Å²) in [6.45, 7) is 9.80. The van der Waals surface area contributed by atoms with Gasteiger partial charge in [0.2, 0.25) is 0 Å². The number of aliphatic hydroxyl groups is 1. The van der Waals surface area contributed by atoms with Crippen molar-refractivity contribution < 1.29 is 13.9 Å². The minimum absolute atomic E-state index is 0.0129. The number of nitrogens with zero attached hydrogens (tertiary/aromatic N) is 4. The van der Waals surface area contributed by atoms with E-state index in [1.807, 2.05) is 4.90 Å². The number of anilines is 2. The molecule has 0 atom stereocenters. The number of nitrogen functional groups attached to an aromatic ring is 1. The molecule has 1 aromatic heterocycles. The van der Waals surface area contributed by atoms with Gasteiger partial charge in [-0.2, -0.15) is 13.9 Å². The Morgan fingerprint density at radius 1 is 1.25 bits per heavy atom. The number of nitrogens with one attached hydrogen (secondary N) is 1. The molecule has 0 aliphatic carbocycles. The predicted octanol–water partition coefficient (Wildman–Crippen LogP) is 2.12. The fraction of sp³-hybridized carbons (Fsp3) is 0.520. The van der Waals surface area contributed by atoms with E-state index in [1.54, 1.807) is 12.1 Å². The van der Waals surface area contributed by atoms with E-state index in [9.17, 15) is 18.7 Å². The highest BCUT2D eigenvalue weighted by molar-refractivity contribution is 5.74. The van der Waals surface area contributed by atoms with Crippen LogP contribution < -0.4 is 22.3 Å². The van der Waals surface area contributed by atoms with Crippen LogP contribution in [-0.4, -0.2) is 62.5 Å². The fourth-order valence-electron chi connectivity index (χ4n) is 4.09. The van der Waals surface area contributed by atoms with E-state index in [4.69, 9.17) is 11.5 Å². The number of aryl methyl sites for hydroxylation is 1. The number of hydrogen-bond donors (Lipinski definition) is 4. The van der Waals surface area contributed by atoms with Gasteiger partial charge < -0.3 is 26.8 Å². The second kappa shape index (κ2) is 10.4. The van der Waals surface area contributed by atoms with Crippen LogP contribution in [0.5, 0.6) is 0 Å². The van der Waals surface area contributed by atoms with E-state index in [0.717, 1.165) is 44.7 Å². The molecule has 1 aliphatic rings. The van der Waals surface area contributed by atoms with Gasteiger partial charge in [-0.3, -0.25) is 9.69 Å². The topological polar surface area (TPSA) is 126 Å². The molecule has 36 heavy (non-hydrogen) atoms. The van der Waals surface area contributed by atoms with Crippen molar-refractivity contribution >= 4 is 17.6 Å². The van der Waals surface area contributed by atoms with Crippen LogP contribution in [0.1, 0.15) is 44.4 Å². The number of alkyl halides is 2. The van der Waals surface area contributed by atoms with Gasteiger partial charge in [-0.15, -0.1) is 0 Å². The summed E-state index contributed by atoms with van der Waals surface area (Å²) in [7, 11) is 1.48. The number of aromatic nitrogens is 2. The lowest BCUT2D eigenvalue weighted by atomic mass is 9.92. The lowest BCUT2D eigenvalue weighted by Crippen LogP contribution is -2.49. The van der Waals surface area contributed by atoms with Crippen molar-refractivity contribution in [2.24, 2.45) is 12.8 Å². The Labute approximate surface area is 210 Å². The highest BCUT2D eigenvalue weighted by Gasteiger charge is 2.46. The Balaban J connectivity index is 1.86. The average molecular weight is 506 g/mol. The second-order valence-electron chi connectivity index (χ2n) is 9.98. The molecular weight excluding hydrogens is 468 g/mol. The Morgan fingerprint density at radius 3 is 2.47 bits per heavy atom. The fourth-order valence-corrected chi connectivity index (χ4v) is 4.09. The first-order valence-corrected chi connectivity index (χ1v) is 12.0. The number of benzene rings is 1. The summed E-state index contributed by atoms with van der Waals surface area (Å²) in [4.78, 5) is 16.9. The summed E-state index contributed by atoms with van der Waals surface area (Å²) < 4.78 is 30.4. The number of rotatable bonds is 8. The smallest absolute Gasteiger partial charge is 0.300 e. The first-order chi connectivity index (χ1) is 16.7. The van der Waals surface area contributed by atoms with E-state index < -0.39 is 17.1 Å². The zero-order valence-corrected chi connectivity index (χ0v) is 21.6. The van der Waals surface area contributed by atoms with Crippen molar-refractivity contribution in [1.29, 1.82) is 0 Å². The maximum atomic E-state index is 14.6. The largest absolute Gasteiger partial charge is 0.394 e. The monoisotopic (exact) mass is 505 g/mol. The van der Waals surface area contributed by atoms with Crippen LogP contribution in [0.3, 0.4) is 0 Å². The average Bonchev–Trinajstić information content (AvgIpc) is 2.82. The minimum Gasteiger partial charge on any atom is -0.394 e. The van der Waals surface area contributed by atoms with Crippen LogP contribution in [0, 0.1) is 0 Å². The molecule has 0 unspecified atom stereocenters. The molecule has 2 aromatic rings. The van der Waals surface area contributed by atoms with Crippen LogP contribution in [-0.2, 0) is 19.5 Å². The van der Waals surface area contributed by atoms with E-state index in [0.29, 0.717) is 28.8 Å². The van der Waals surface area contributed by atoms with Gasteiger partial charge in [-0.1, -0.05) is 18.2 Å². The molecular formula is C25H37F2N7O2. The molecule has 2 heterocycles. The molecule has 0 bridgehead atoms. The summed E-state index contributed by atoms with van der Waals surface area (Å²) in [6, 6.07) is 6.24. The lowest BCUT2D eigenvalue weighted by molar-refractivity contribution is -0.168. The van der Waals surface area contributed by atoms with E-state index in [-0.39, 0.29) is 17.8 Å². The molecule has 0 saturated carbocycles. The Hall–Kier alpha value is -3.18. The maximum Gasteiger partial charge on any atom is 0.300 e. The lowest BCUT2D eigenvalue weighted by Gasteiger charge is -2.38. The quantitative estimate of drug-likeness (QED) is 0.430. The molecule has 0 spiro atoms. The maximum absolute atomic E-state index is 14.6. The first-order valence-electron chi connectivity index (χ1n) is 12.0. The van der Waals surface area contributed by atoms with Crippen molar-refractivity contribution in [1.82, 2.24) is 19.6 Å². The molecule has 3 rings (SSSR count). The van der Waals surface area contributed by atoms with Crippen molar-refractivity contribution in [2.75, 3.05) is 37.2 Å². The summed E-state index contributed by atoms with van der Waals surface area (Å²) >= 11 is 0. The van der Waals surface area contributed by atoms with Crippen LogP contribution in [0.2, 0.25) is 0 Å². The van der Waals surface area contributed by atoms with E-state index in [2.05, 4.69) is 29.2 Å². The number of piperazine rings is 1. The van der Waals surface area contributed by atoms with Gasteiger partial charge in [-0.05, 0) is 45.4 Å². The Kier molecular flexibility index (Phi) is 7.94. The standard InChI is InChI=1S/C25H37F2N7O2/c1-16(2)33-9-11-34(12-10-33)20(28)14-19-21(29)23(35)32(5)31-22(19)30-15-17-7-6-8-18(13-17)25(26,27)24(3,4)36/h6-8,13-14,16,36H,9-12,15,28-29H2,1-5H3,(H,30,31)/b20-14+. The normalized spacial score (nSPS) is 16.0. The Morgan fingerprint density at radius 2 is 1.89 bits per heavy atom. The van der Waals surface area contributed by atoms with E-state index >= 15 is 0 Å². The van der Waals surface area contributed by atoms with Crippen molar-refractivity contribution in [3.8, 4) is 0 Å². The molecule has 0 radical (unpaired) electrons. The molecule has 1 aromatic carbocycles. The van der Waals surface area contributed by atoms with Gasteiger partial charge in [-0.25, -0.2) is 4.68 Å². The second-order valence-corrected chi connectivity index (χ2v) is 9.98. The zero-order valence-electron chi connectivity index (χ0n) is 21.6. The summed E-state index contributed by atoms with van der Waals surface area (Å²) in [5.74, 6) is -2.67. The number of halogens is 2. The number of nitrogens with two attached hydrogens (primary N) is 2. The highest BCUT2D eigenvalue weighted by Crippen LogP contribution is 2.38. The minimum atomic E-state index is -3.44. The Bertz CT molecular complexity index is 1160. The van der Waals surface area contributed by atoms with Gasteiger partial charge in [0.1, 0.15) is 11.3 Å². The predicted molar refractivity (Wildman–Crippen MR) is 138 cm³/mol. The van der Waals surface area contributed by atoms with Crippen molar-refractivity contribution in [3.05, 3.63) is 57.1 Å². The molecule has 1 saturated heterocycles. The van der Waals surface area contributed by atoms with Gasteiger partial charge in [0.25, 0.3) is 5.56 Å². The highest BCUT2D eigenvalue weighted by atomic mass is 19.3. The third-order valence-corrected chi connectivity index (χ3v) is 6.54. The zero-order chi connectivity index (χ0) is 26.8. The van der Waals surface area contributed by atoms with Crippen LogP contribution in [0.25, 0.3) is 6.08 Å². The van der Waals surface area contributed by atoms with Gasteiger partial charge in [0.05, 0.1) is 11.4 Å². The molecule has 1 aliphatic heterocycles. The molecule has 0 amide bonds. The van der Waals surface area contributed by atoms with Crippen LogP contribution in [0.4, 0.5) is 20.3 Å². The van der Waals surface area contributed by atoms with Gasteiger partial charge >= 0.3 is 5.92 Å². The first kappa shape index (κ1) is 27.4. The van der Waals surface area contributed by atoms with Crippen LogP contribution >= 0.6 is 0 Å². The molecule has 9 nitrogen and oxygen atoms in total. The summed E-state index contributed by atoms with van der Waals surface area (Å²) in [5, 5.41) is 17.3.